The fraction of sp³-hybridized carbons (Fsp3) is 0.647. The zero-order valence-corrected chi connectivity index (χ0v) is 14.4. The van der Waals surface area contributed by atoms with Gasteiger partial charge in [0.25, 0.3) is 5.91 Å². The number of hydrogen-bond donors (Lipinski definition) is 3. The number of amides is 2. The number of thiophene rings is 1. The molecular weight excluding hydrogens is 326 g/mol. The maximum absolute atomic E-state index is 12.5. The van der Waals surface area contributed by atoms with Crippen LogP contribution in [0.4, 0.5) is 0 Å². The summed E-state index contributed by atoms with van der Waals surface area (Å²) < 4.78 is 0. The van der Waals surface area contributed by atoms with Gasteiger partial charge in [-0.3, -0.25) is 14.5 Å². The number of nitrogens with zero attached hydrogens (tertiary/aromatic N) is 1. The van der Waals surface area contributed by atoms with E-state index in [4.69, 9.17) is 0 Å². The van der Waals surface area contributed by atoms with Gasteiger partial charge in [0.15, 0.2) is 0 Å². The molecule has 0 aromatic carbocycles. The van der Waals surface area contributed by atoms with E-state index in [1.165, 1.54) is 16.9 Å². The third-order valence-electron chi connectivity index (χ3n) is 5.40. The van der Waals surface area contributed by atoms with Crippen molar-refractivity contribution in [2.75, 3.05) is 19.6 Å². The Balaban J connectivity index is 1.38. The average molecular weight is 349 g/mol. The van der Waals surface area contributed by atoms with E-state index < -0.39 is 6.10 Å². The third-order valence-corrected chi connectivity index (χ3v) is 6.64. The topological polar surface area (TPSA) is 81.7 Å². The van der Waals surface area contributed by atoms with Crippen molar-refractivity contribution >= 4 is 23.2 Å². The van der Waals surface area contributed by atoms with Gasteiger partial charge in [0.1, 0.15) is 0 Å². The number of piperazine rings is 1. The number of aliphatic hydroxyl groups excluding tert-OH is 1. The Morgan fingerprint density at radius 2 is 2.25 bits per heavy atom. The van der Waals surface area contributed by atoms with Crippen LogP contribution in [0, 0.1) is 0 Å². The quantitative estimate of drug-likeness (QED) is 0.733. The molecule has 3 atom stereocenters. The lowest BCUT2D eigenvalue weighted by Gasteiger charge is -2.34. The van der Waals surface area contributed by atoms with Gasteiger partial charge < -0.3 is 15.7 Å². The van der Waals surface area contributed by atoms with Crippen LogP contribution >= 0.6 is 11.3 Å². The summed E-state index contributed by atoms with van der Waals surface area (Å²) in [6, 6.07) is 1.73. The number of hydrogen-bond acceptors (Lipinski definition) is 5. The molecule has 24 heavy (non-hydrogen) atoms. The van der Waals surface area contributed by atoms with Crippen molar-refractivity contribution in [1.29, 1.82) is 0 Å². The largest absolute Gasteiger partial charge is 0.389 e. The van der Waals surface area contributed by atoms with Crippen molar-refractivity contribution in [3.63, 3.8) is 0 Å². The minimum absolute atomic E-state index is 0.00837. The first-order valence-corrected chi connectivity index (χ1v) is 9.55. The van der Waals surface area contributed by atoms with Gasteiger partial charge in [0.2, 0.25) is 5.91 Å². The van der Waals surface area contributed by atoms with E-state index in [0.29, 0.717) is 13.1 Å². The second-order valence-corrected chi connectivity index (χ2v) is 8.09. The Bertz CT molecular complexity index is 638. The minimum atomic E-state index is -0.619. The molecule has 0 radical (unpaired) electrons. The van der Waals surface area contributed by atoms with Crippen molar-refractivity contribution in [2.45, 2.75) is 50.3 Å². The summed E-state index contributed by atoms with van der Waals surface area (Å²) in [6.45, 7) is 1.71. The van der Waals surface area contributed by atoms with E-state index in [2.05, 4.69) is 10.6 Å². The predicted octanol–water partition coefficient (Wildman–Crippen LogP) is 0.290. The molecule has 2 fully saturated rings. The van der Waals surface area contributed by atoms with Crippen LogP contribution in [0.25, 0.3) is 0 Å². The maximum atomic E-state index is 12.5. The fourth-order valence-corrected chi connectivity index (χ4v) is 5.29. The van der Waals surface area contributed by atoms with Crippen LogP contribution in [0.1, 0.15) is 39.4 Å². The first kappa shape index (κ1) is 16.1. The average Bonchev–Trinajstić information content (AvgIpc) is 3.23. The Morgan fingerprint density at radius 1 is 1.38 bits per heavy atom. The molecule has 6 nitrogen and oxygen atoms in total. The van der Waals surface area contributed by atoms with E-state index in [1.54, 1.807) is 11.3 Å². The lowest BCUT2D eigenvalue weighted by Crippen LogP contribution is -2.55. The van der Waals surface area contributed by atoms with Gasteiger partial charge >= 0.3 is 0 Å². The standard InChI is InChI=1S/C17H23N3O3S/c21-15-9-20(7-6-18-15)12-5-4-11(16(12)22)19-17(23)14-8-10-2-1-3-13(10)24-14/h8,11-12,16,22H,1-7,9H2,(H,18,21)(H,19,23)/t11-,12-,16-/m1/s1. The Labute approximate surface area is 145 Å². The number of aryl methyl sites for hydroxylation is 2. The Kier molecular flexibility index (Phi) is 4.32. The van der Waals surface area contributed by atoms with Gasteiger partial charge in [0.05, 0.1) is 23.6 Å². The number of aliphatic hydroxyl groups is 1. The summed E-state index contributed by atoms with van der Waals surface area (Å²) in [5, 5.41) is 16.4. The second-order valence-electron chi connectivity index (χ2n) is 6.95. The van der Waals surface area contributed by atoms with Crippen LogP contribution in [0.5, 0.6) is 0 Å². The number of rotatable bonds is 3. The molecule has 130 valence electrons. The normalized spacial score (nSPS) is 30.2. The lowest BCUT2D eigenvalue weighted by molar-refractivity contribution is -0.125. The second kappa shape index (κ2) is 6.46. The molecule has 1 aliphatic heterocycles. The van der Waals surface area contributed by atoms with Crippen LogP contribution in [-0.4, -0.2) is 59.6 Å². The highest BCUT2D eigenvalue weighted by molar-refractivity contribution is 7.14. The third kappa shape index (κ3) is 2.96. The van der Waals surface area contributed by atoms with Crippen molar-refractivity contribution in [1.82, 2.24) is 15.5 Å². The first-order chi connectivity index (χ1) is 11.6. The molecule has 2 aliphatic carbocycles. The van der Waals surface area contributed by atoms with E-state index >= 15 is 0 Å². The molecule has 2 heterocycles. The van der Waals surface area contributed by atoms with Crippen LogP contribution in [0.2, 0.25) is 0 Å². The van der Waals surface area contributed by atoms with Crippen LogP contribution in [-0.2, 0) is 17.6 Å². The zero-order valence-electron chi connectivity index (χ0n) is 13.6. The Hall–Kier alpha value is -1.44. The highest BCUT2D eigenvalue weighted by Crippen LogP contribution is 2.31. The molecule has 3 aliphatic rings. The summed E-state index contributed by atoms with van der Waals surface area (Å²) in [6.07, 6.45) is 4.28. The Morgan fingerprint density at radius 3 is 3.04 bits per heavy atom. The predicted molar refractivity (Wildman–Crippen MR) is 91.2 cm³/mol. The number of nitrogens with one attached hydrogen (secondary N) is 2. The molecule has 2 amide bonds. The van der Waals surface area contributed by atoms with Crippen molar-refractivity contribution in [2.24, 2.45) is 0 Å². The first-order valence-electron chi connectivity index (χ1n) is 8.73. The van der Waals surface area contributed by atoms with E-state index in [9.17, 15) is 14.7 Å². The smallest absolute Gasteiger partial charge is 0.261 e. The van der Waals surface area contributed by atoms with Crippen LogP contribution in [0.3, 0.4) is 0 Å². The van der Waals surface area contributed by atoms with Crippen molar-refractivity contribution < 1.29 is 14.7 Å². The summed E-state index contributed by atoms with van der Waals surface area (Å²) in [5.41, 5.74) is 1.31. The van der Waals surface area contributed by atoms with E-state index in [0.717, 1.165) is 37.1 Å². The molecule has 0 bridgehead atoms. The number of carbonyl (C=O) groups is 2. The molecule has 1 saturated heterocycles. The van der Waals surface area contributed by atoms with E-state index in [1.807, 2.05) is 11.0 Å². The van der Waals surface area contributed by atoms with Crippen LogP contribution in [0.15, 0.2) is 6.07 Å². The summed E-state index contributed by atoms with van der Waals surface area (Å²) in [5.74, 6) is -0.0653. The lowest BCUT2D eigenvalue weighted by atomic mass is 10.1. The molecule has 0 spiro atoms. The van der Waals surface area contributed by atoms with Crippen molar-refractivity contribution in [3.05, 3.63) is 21.4 Å². The monoisotopic (exact) mass is 349 g/mol. The van der Waals surface area contributed by atoms with Gasteiger partial charge in [-0.2, -0.15) is 0 Å². The van der Waals surface area contributed by atoms with Gasteiger partial charge in [-0.1, -0.05) is 0 Å². The van der Waals surface area contributed by atoms with Gasteiger partial charge in [-0.15, -0.1) is 11.3 Å². The minimum Gasteiger partial charge on any atom is -0.389 e. The summed E-state index contributed by atoms with van der Waals surface area (Å²) >= 11 is 1.59. The molecule has 4 rings (SSSR count). The van der Waals surface area contributed by atoms with Crippen molar-refractivity contribution in [3.8, 4) is 0 Å². The highest BCUT2D eigenvalue weighted by Gasteiger charge is 2.40. The highest BCUT2D eigenvalue weighted by atomic mass is 32.1. The summed E-state index contributed by atoms with van der Waals surface area (Å²) in [4.78, 5) is 28.2. The zero-order chi connectivity index (χ0) is 16.7. The molecule has 7 heteroatoms. The molecule has 1 aromatic heterocycles. The summed E-state index contributed by atoms with van der Waals surface area (Å²) in [7, 11) is 0. The van der Waals surface area contributed by atoms with Gasteiger partial charge in [-0.25, -0.2) is 0 Å². The molecule has 0 unspecified atom stereocenters. The van der Waals surface area contributed by atoms with Crippen LogP contribution < -0.4 is 10.6 Å². The van der Waals surface area contributed by atoms with Gasteiger partial charge in [0, 0.05) is 24.0 Å². The molecule has 3 N–H and O–H groups in total. The number of fused-ring (bicyclic) bond motifs is 1. The molecule has 1 aromatic rings. The number of carbonyl (C=O) groups excluding carboxylic acids is 2. The SMILES string of the molecule is O=C1CN([C@@H]2CC[C@@H](NC(=O)c3cc4c(s3)CCC4)[C@H]2O)CCN1. The van der Waals surface area contributed by atoms with E-state index in [-0.39, 0.29) is 23.9 Å². The van der Waals surface area contributed by atoms with Gasteiger partial charge in [-0.05, 0) is 43.7 Å². The molecular formula is C17H23N3O3S. The molecule has 1 saturated carbocycles. The fourth-order valence-electron chi connectivity index (χ4n) is 4.14. The maximum Gasteiger partial charge on any atom is 0.261 e.